The van der Waals surface area contributed by atoms with Crippen LogP contribution in [0.2, 0.25) is 0 Å². The topological polar surface area (TPSA) is 72.6 Å². The highest BCUT2D eigenvalue weighted by molar-refractivity contribution is 5.86. The number of carboxylic acid groups (broad SMARTS) is 1. The Labute approximate surface area is 122 Å². The lowest BCUT2D eigenvalue weighted by Crippen LogP contribution is -2.05. The van der Waals surface area contributed by atoms with Gasteiger partial charge in [-0.25, -0.2) is 9.78 Å². The SMILES string of the molecule is CC(C)Oc1cccc(-c2nc(C3CC3)c(C(=O)O)o2)c1. The van der Waals surface area contributed by atoms with Crippen LogP contribution in [0.4, 0.5) is 0 Å². The van der Waals surface area contributed by atoms with Crippen LogP contribution in [-0.2, 0) is 0 Å². The molecule has 0 atom stereocenters. The van der Waals surface area contributed by atoms with Gasteiger partial charge in [0.1, 0.15) is 5.75 Å². The van der Waals surface area contributed by atoms with Crippen LogP contribution in [0, 0.1) is 0 Å². The summed E-state index contributed by atoms with van der Waals surface area (Å²) in [6.45, 7) is 3.90. The summed E-state index contributed by atoms with van der Waals surface area (Å²) in [6.07, 6.45) is 2.02. The van der Waals surface area contributed by atoms with Gasteiger partial charge in [-0.3, -0.25) is 0 Å². The average Bonchev–Trinajstić information content (AvgIpc) is 3.16. The molecule has 1 aliphatic carbocycles. The molecular weight excluding hydrogens is 270 g/mol. The summed E-state index contributed by atoms with van der Waals surface area (Å²) in [4.78, 5) is 15.6. The highest BCUT2D eigenvalue weighted by atomic mass is 16.5. The minimum atomic E-state index is -1.06. The second kappa shape index (κ2) is 5.24. The minimum Gasteiger partial charge on any atom is -0.491 e. The fourth-order valence-electron chi connectivity index (χ4n) is 2.22. The summed E-state index contributed by atoms with van der Waals surface area (Å²) in [5.41, 5.74) is 1.29. The molecule has 1 aromatic carbocycles. The van der Waals surface area contributed by atoms with Gasteiger partial charge in [-0.05, 0) is 44.9 Å². The molecule has 0 spiro atoms. The molecule has 5 nitrogen and oxygen atoms in total. The number of carbonyl (C=O) groups is 1. The molecule has 1 aliphatic rings. The Bertz CT molecular complexity index is 671. The molecule has 3 rings (SSSR count). The van der Waals surface area contributed by atoms with Gasteiger partial charge < -0.3 is 14.3 Å². The van der Waals surface area contributed by atoms with Gasteiger partial charge in [0, 0.05) is 11.5 Å². The highest BCUT2D eigenvalue weighted by Gasteiger charge is 2.33. The van der Waals surface area contributed by atoms with Crippen LogP contribution in [-0.4, -0.2) is 22.2 Å². The third kappa shape index (κ3) is 2.91. The molecule has 1 fully saturated rings. The predicted molar refractivity (Wildman–Crippen MR) is 76.6 cm³/mol. The number of ether oxygens (including phenoxy) is 1. The molecule has 0 aliphatic heterocycles. The van der Waals surface area contributed by atoms with Crippen LogP contribution < -0.4 is 4.74 Å². The maximum atomic E-state index is 11.3. The van der Waals surface area contributed by atoms with Gasteiger partial charge in [0.2, 0.25) is 11.7 Å². The van der Waals surface area contributed by atoms with Gasteiger partial charge in [-0.15, -0.1) is 0 Å². The van der Waals surface area contributed by atoms with Crippen LogP contribution >= 0.6 is 0 Å². The average molecular weight is 287 g/mol. The van der Waals surface area contributed by atoms with Gasteiger partial charge >= 0.3 is 5.97 Å². The van der Waals surface area contributed by atoms with E-state index in [0.717, 1.165) is 18.4 Å². The summed E-state index contributed by atoms with van der Waals surface area (Å²) < 4.78 is 11.1. The van der Waals surface area contributed by atoms with Crippen LogP contribution in [0.15, 0.2) is 28.7 Å². The maximum Gasteiger partial charge on any atom is 0.373 e. The molecule has 1 aromatic heterocycles. The molecule has 1 N–H and O–H groups in total. The Balaban J connectivity index is 1.96. The molecule has 0 amide bonds. The fourth-order valence-corrected chi connectivity index (χ4v) is 2.22. The van der Waals surface area contributed by atoms with Crippen LogP contribution in [0.25, 0.3) is 11.5 Å². The molecule has 21 heavy (non-hydrogen) atoms. The summed E-state index contributed by atoms with van der Waals surface area (Å²) in [5.74, 6) is 0.172. The molecule has 2 aromatic rings. The zero-order valence-electron chi connectivity index (χ0n) is 12.0. The van der Waals surface area contributed by atoms with Gasteiger partial charge in [-0.2, -0.15) is 0 Å². The standard InChI is InChI=1S/C16H17NO4/c1-9(2)20-12-5-3-4-11(8-12)15-17-13(10-6-7-10)14(21-15)16(18)19/h3-5,8-10H,6-7H2,1-2H3,(H,18,19). The van der Waals surface area contributed by atoms with E-state index in [-0.39, 0.29) is 17.8 Å². The maximum absolute atomic E-state index is 11.3. The van der Waals surface area contributed by atoms with Gasteiger partial charge in [0.15, 0.2) is 0 Å². The highest BCUT2D eigenvalue weighted by Crippen LogP contribution is 2.42. The number of hydrogen-bond donors (Lipinski definition) is 1. The Morgan fingerprint density at radius 3 is 2.81 bits per heavy atom. The second-order valence-corrected chi connectivity index (χ2v) is 5.51. The second-order valence-electron chi connectivity index (χ2n) is 5.51. The first-order chi connectivity index (χ1) is 10.0. The number of oxazole rings is 1. The number of nitrogens with zero attached hydrogens (tertiary/aromatic N) is 1. The summed E-state index contributed by atoms with van der Waals surface area (Å²) in [5, 5.41) is 9.22. The van der Waals surface area contributed by atoms with Gasteiger partial charge in [0.05, 0.1) is 11.8 Å². The monoisotopic (exact) mass is 287 g/mol. The first-order valence-electron chi connectivity index (χ1n) is 7.05. The van der Waals surface area contributed by atoms with Crippen molar-refractivity contribution in [2.24, 2.45) is 0 Å². The van der Waals surface area contributed by atoms with E-state index in [4.69, 9.17) is 9.15 Å². The number of carboxylic acids is 1. The Morgan fingerprint density at radius 1 is 1.43 bits per heavy atom. The lowest BCUT2D eigenvalue weighted by atomic mass is 10.2. The molecule has 5 heteroatoms. The number of aromatic nitrogens is 1. The van der Waals surface area contributed by atoms with E-state index in [1.807, 2.05) is 38.1 Å². The van der Waals surface area contributed by atoms with E-state index < -0.39 is 5.97 Å². The number of rotatable bonds is 5. The van der Waals surface area contributed by atoms with Crippen LogP contribution in [0.1, 0.15) is 48.9 Å². The van der Waals surface area contributed by atoms with E-state index in [1.54, 1.807) is 0 Å². The van der Waals surface area contributed by atoms with Crippen LogP contribution in [0.3, 0.4) is 0 Å². The van der Waals surface area contributed by atoms with Crippen molar-refractivity contribution in [2.45, 2.75) is 38.7 Å². The van der Waals surface area contributed by atoms with E-state index in [0.29, 0.717) is 17.3 Å². The molecule has 0 saturated heterocycles. The third-order valence-corrected chi connectivity index (χ3v) is 3.26. The zero-order valence-corrected chi connectivity index (χ0v) is 12.0. The number of hydrogen-bond acceptors (Lipinski definition) is 4. The molecule has 1 heterocycles. The van der Waals surface area contributed by atoms with Crippen molar-refractivity contribution in [1.82, 2.24) is 4.98 Å². The lowest BCUT2D eigenvalue weighted by Gasteiger charge is -2.09. The normalized spacial score (nSPS) is 14.4. The predicted octanol–water partition coefficient (Wildman–Crippen LogP) is 3.70. The van der Waals surface area contributed by atoms with Crippen molar-refractivity contribution in [3.8, 4) is 17.2 Å². The number of aromatic carboxylic acids is 1. The van der Waals surface area contributed by atoms with Crippen molar-refractivity contribution >= 4 is 5.97 Å². The smallest absolute Gasteiger partial charge is 0.373 e. The largest absolute Gasteiger partial charge is 0.491 e. The van der Waals surface area contributed by atoms with Gasteiger partial charge in [-0.1, -0.05) is 6.07 Å². The summed E-state index contributed by atoms with van der Waals surface area (Å²) in [6, 6.07) is 7.34. The van der Waals surface area contributed by atoms with Crippen molar-refractivity contribution < 1.29 is 19.1 Å². The summed E-state index contributed by atoms with van der Waals surface area (Å²) >= 11 is 0. The Hall–Kier alpha value is -2.30. The molecule has 0 bridgehead atoms. The van der Waals surface area contributed by atoms with Crippen LogP contribution in [0.5, 0.6) is 5.75 Å². The van der Waals surface area contributed by atoms with Crippen molar-refractivity contribution in [3.05, 3.63) is 35.7 Å². The Kier molecular flexibility index (Phi) is 3.41. The molecule has 0 unspecified atom stereocenters. The van der Waals surface area contributed by atoms with E-state index in [9.17, 15) is 9.90 Å². The van der Waals surface area contributed by atoms with Gasteiger partial charge in [0.25, 0.3) is 0 Å². The minimum absolute atomic E-state index is 0.0392. The van der Waals surface area contributed by atoms with E-state index in [1.165, 1.54) is 0 Å². The van der Waals surface area contributed by atoms with E-state index in [2.05, 4.69) is 4.98 Å². The fraction of sp³-hybridized carbons (Fsp3) is 0.375. The quantitative estimate of drug-likeness (QED) is 0.907. The first kappa shape index (κ1) is 13.7. The molecular formula is C16H17NO4. The van der Waals surface area contributed by atoms with E-state index >= 15 is 0 Å². The van der Waals surface area contributed by atoms with Crippen molar-refractivity contribution in [2.75, 3.05) is 0 Å². The molecule has 110 valence electrons. The number of benzene rings is 1. The molecule has 1 saturated carbocycles. The Morgan fingerprint density at radius 2 is 2.19 bits per heavy atom. The van der Waals surface area contributed by atoms with Crippen molar-refractivity contribution in [1.29, 1.82) is 0 Å². The lowest BCUT2D eigenvalue weighted by molar-refractivity contribution is 0.0661. The summed E-state index contributed by atoms with van der Waals surface area (Å²) in [7, 11) is 0. The zero-order chi connectivity index (χ0) is 15.0. The molecule has 0 radical (unpaired) electrons. The first-order valence-corrected chi connectivity index (χ1v) is 7.05. The third-order valence-electron chi connectivity index (χ3n) is 3.26. The van der Waals surface area contributed by atoms with Crippen molar-refractivity contribution in [3.63, 3.8) is 0 Å².